The van der Waals surface area contributed by atoms with Crippen molar-refractivity contribution in [2.45, 2.75) is 78.4 Å². The first-order chi connectivity index (χ1) is 8.18. The molecule has 0 unspecified atom stereocenters. The summed E-state index contributed by atoms with van der Waals surface area (Å²) >= 11 is 0. The van der Waals surface area contributed by atoms with E-state index in [1.54, 1.807) is 0 Å². The van der Waals surface area contributed by atoms with Crippen LogP contribution in [0.5, 0.6) is 0 Å². The highest BCUT2D eigenvalue weighted by Crippen LogP contribution is 2.26. The predicted molar refractivity (Wildman–Crippen MR) is 79.0 cm³/mol. The van der Waals surface area contributed by atoms with Crippen LogP contribution in [-0.2, 0) is 4.74 Å². The Morgan fingerprint density at radius 1 is 1.00 bits per heavy atom. The highest BCUT2D eigenvalue weighted by atomic mass is 16.5. The van der Waals surface area contributed by atoms with Gasteiger partial charge in [-0.25, -0.2) is 0 Å². The van der Waals surface area contributed by atoms with Crippen molar-refractivity contribution in [3.63, 3.8) is 0 Å². The third kappa shape index (κ3) is 6.19. The quantitative estimate of drug-likeness (QED) is 0.702. The first-order valence-electron chi connectivity index (χ1n) is 7.57. The van der Waals surface area contributed by atoms with Crippen LogP contribution in [0.15, 0.2) is 0 Å². The van der Waals surface area contributed by atoms with Crippen molar-refractivity contribution in [1.29, 1.82) is 0 Å². The van der Waals surface area contributed by atoms with Gasteiger partial charge < -0.3 is 4.74 Å². The smallest absolute Gasteiger partial charge is 0.0598 e. The summed E-state index contributed by atoms with van der Waals surface area (Å²) in [7, 11) is 0. The van der Waals surface area contributed by atoms with Gasteiger partial charge in [0.25, 0.3) is 0 Å². The van der Waals surface area contributed by atoms with Gasteiger partial charge in [0.05, 0.1) is 5.60 Å². The molecule has 0 aromatic carbocycles. The van der Waals surface area contributed by atoms with Crippen molar-refractivity contribution in [3.05, 3.63) is 0 Å². The van der Waals surface area contributed by atoms with E-state index in [2.05, 4.69) is 46.4 Å². The fraction of sp³-hybridized carbons (Fsp3) is 1.00. The molecule has 0 N–H and O–H groups in total. The molecule has 0 aromatic rings. The number of hydrogen-bond donors (Lipinski definition) is 0. The first kappa shape index (κ1) is 16.0. The van der Waals surface area contributed by atoms with Crippen LogP contribution < -0.4 is 0 Å². The van der Waals surface area contributed by atoms with Gasteiger partial charge in [-0.05, 0) is 86.2 Å². The summed E-state index contributed by atoms with van der Waals surface area (Å²) in [5.41, 5.74) is 0.371. The Morgan fingerprint density at radius 2 is 1.56 bits per heavy atom. The van der Waals surface area contributed by atoms with Crippen LogP contribution >= 0.6 is 0 Å². The molecular weight excluding hydrogens is 222 g/mol. The maximum Gasteiger partial charge on any atom is 0.0598 e. The highest BCUT2D eigenvalue weighted by molar-refractivity contribution is 4.81. The Bertz CT molecular complexity index is 228. The Labute approximate surface area is 114 Å². The highest BCUT2D eigenvalue weighted by Gasteiger charge is 2.26. The molecule has 0 amide bonds. The van der Waals surface area contributed by atoms with Gasteiger partial charge >= 0.3 is 0 Å². The third-order valence-electron chi connectivity index (χ3n) is 3.85. The van der Waals surface area contributed by atoms with Gasteiger partial charge in [-0.3, -0.25) is 4.90 Å². The number of hydrogen-bond acceptors (Lipinski definition) is 2. The minimum Gasteiger partial charge on any atom is -0.376 e. The normalized spacial score (nSPS) is 20.3. The summed E-state index contributed by atoms with van der Waals surface area (Å²) in [4.78, 5) is 2.62. The molecule has 18 heavy (non-hydrogen) atoms. The van der Waals surface area contributed by atoms with Gasteiger partial charge in [-0.15, -0.1) is 0 Å². The van der Waals surface area contributed by atoms with E-state index in [0.717, 1.165) is 12.5 Å². The van der Waals surface area contributed by atoms with Crippen LogP contribution in [0, 0.1) is 5.92 Å². The molecule has 1 aliphatic rings. The molecule has 2 heteroatoms. The first-order valence-corrected chi connectivity index (χ1v) is 7.57. The number of nitrogens with zero attached hydrogens (tertiary/aromatic N) is 1. The van der Waals surface area contributed by atoms with Gasteiger partial charge in [0.1, 0.15) is 0 Å². The second-order valence-electron chi connectivity index (χ2n) is 7.70. The summed E-state index contributed by atoms with van der Waals surface area (Å²) in [5.74, 6) is 0.923. The van der Waals surface area contributed by atoms with E-state index in [1.807, 2.05) is 0 Å². The molecule has 1 saturated heterocycles. The van der Waals surface area contributed by atoms with Crippen molar-refractivity contribution in [2.75, 3.05) is 19.7 Å². The summed E-state index contributed by atoms with van der Waals surface area (Å²) < 4.78 is 5.79. The predicted octanol–water partition coefficient (Wildman–Crippen LogP) is 4.09. The molecule has 0 bridgehead atoms. The number of ether oxygens (including phenoxy) is 1. The second kappa shape index (κ2) is 6.38. The number of piperidine rings is 1. The SMILES string of the molecule is CC(C)(C)OCCCC1CCN(C(C)(C)C)CC1. The van der Waals surface area contributed by atoms with Crippen LogP contribution in [0.25, 0.3) is 0 Å². The van der Waals surface area contributed by atoms with E-state index in [4.69, 9.17) is 4.74 Å². The summed E-state index contributed by atoms with van der Waals surface area (Å²) in [6.07, 6.45) is 5.30. The zero-order valence-corrected chi connectivity index (χ0v) is 13.4. The monoisotopic (exact) mass is 255 g/mol. The molecule has 108 valence electrons. The van der Waals surface area contributed by atoms with Gasteiger partial charge in [0, 0.05) is 12.1 Å². The molecule has 1 heterocycles. The molecule has 0 aliphatic carbocycles. The van der Waals surface area contributed by atoms with Crippen LogP contribution in [0.2, 0.25) is 0 Å². The zero-order valence-electron chi connectivity index (χ0n) is 13.4. The lowest BCUT2D eigenvalue weighted by atomic mass is 9.90. The van der Waals surface area contributed by atoms with E-state index in [-0.39, 0.29) is 5.60 Å². The van der Waals surface area contributed by atoms with E-state index in [0.29, 0.717) is 5.54 Å². The standard InChI is InChI=1S/C16H33NO/c1-15(2,3)17-11-9-14(10-12-17)8-7-13-18-16(4,5)6/h14H,7-13H2,1-6H3. The Hall–Kier alpha value is -0.0800. The fourth-order valence-corrected chi connectivity index (χ4v) is 2.64. The van der Waals surface area contributed by atoms with Crippen molar-refractivity contribution < 1.29 is 4.74 Å². The fourth-order valence-electron chi connectivity index (χ4n) is 2.64. The molecule has 0 radical (unpaired) electrons. The van der Waals surface area contributed by atoms with Crippen LogP contribution in [0.3, 0.4) is 0 Å². The molecule has 1 rings (SSSR count). The molecule has 0 saturated carbocycles. The number of rotatable bonds is 4. The lowest BCUT2D eigenvalue weighted by Crippen LogP contribution is -2.46. The Morgan fingerprint density at radius 3 is 2.00 bits per heavy atom. The van der Waals surface area contributed by atoms with Crippen LogP contribution in [-0.4, -0.2) is 35.7 Å². The summed E-state index contributed by atoms with van der Waals surface area (Å²) in [5, 5.41) is 0. The topological polar surface area (TPSA) is 12.5 Å². The molecule has 1 fully saturated rings. The lowest BCUT2D eigenvalue weighted by molar-refractivity contribution is -0.00757. The second-order valence-corrected chi connectivity index (χ2v) is 7.70. The largest absolute Gasteiger partial charge is 0.376 e. The van der Waals surface area contributed by atoms with Crippen LogP contribution in [0.1, 0.15) is 67.2 Å². The molecule has 1 aliphatic heterocycles. The average Bonchev–Trinajstić information content (AvgIpc) is 2.22. The van der Waals surface area contributed by atoms with E-state index in [1.165, 1.54) is 38.8 Å². The van der Waals surface area contributed by atoms with E-state index < -0.39 is 0 Å². The zero-order chi connectivity index (χ0) is 13.8. The van der Waals surface area contributed by atoms with Crippen LogP contribution in [0.4, 0.5) is 0 Å². The summed E-state index contributed by atoms with van der Waals surface area (Å²) in [6, 6.07) is 0. The summed E-state index contributed by atoms with van der Waals surface area (Å²) in [6.45, 7) is 16.8. The lowest BCUT2D eigenvalue weighted by Gasteiger charge is -2.41. The van der Waals surface area contributed by atoms with Gasteiger partial charge in [-0.1, -0.05) is 0 Å². The van der Waals surface area contributed by atoms with Crippen molar-refractivity contribution in [2.24, 2.45) is 5.92 Å². The average molecular weight is 255 g/mol. The Balaban J connectivity index is 2.13. The minimum atomic E-state index is 0.0234. The van der Waals surface area contributed by atoms with Gasteiger partial charge in [-0.2, -0.15) is 0 Å². The van der Waals surface area contributed by atoms with Gasteiger partial charge in [0.2, 0.25) is 0 Å². The van der Waals surface area contributed by atoms with Gasteiger partial charge in [0.15, 0.2) is 0 Å². The Kier molecular flexibility index (Phi) is 5.67. The third-order valence-corrected chi connectivity index (χ3v) is 3.85. The maximum absolute atomic E-state index is 5.79. The van der Waals surface area contributed by atoms with E-state index in [9.17, 15) is 0 Å². The van der Waals surface area contributed by atoms with Crippen molar-refractivity contribution >= 4 is 0 Å². The molecule has 0 atom stereocenters. The molecule has 2 nitrogen and oxygen atoms in total. The van der Waals surface area contributed by atoms with Crippen molar-refractivity contribution in [3.8, 4) is 0 Å². The molecule has 0 aromatic heterocycles. The molecular formula is C16H33NO. The maximum atomic E-state index is 5.79. The van der Waals surface area contributed by atoms with Crippen molar-refractivity contribution in [1.82, 2.24) is 4.90 Å². The molecule has 0 spiro atoms. The minimum absolute atomic E-state index is 0.0234. The number of likely N-dealkylation sites (tertiary alicyclic amines) is 1. The van der Waals surface area contributed by atoms with E-state index >= 15 is 0 Å².